The monoisotopic (exact) mass is 341 g/mol. The first-order valence-corrected chi connectivity index (χ1v) is 7.57. The molecule has 0 atom stereocenters. The van der Waals surface area contributed by atoms with Crippen LogP contribution in [0, 0.1) is 0 Å². The van der Waals surface area contributed by atoms with Crippen LogP contribution < -0.4 is 15.4 Å². The molecule has 0 radical (unpaired) electrons. The molecule has 0 saturated heterocycles. The van der Waals surface area contributed by atoms with Gasteiger partial charge in [0.25, 0.3) is 0 Å². The number of methoxy groups -OCH3 is 1. The minimum atomic E-state index is 0.327. The summed E-state index contributed by atoms with van der Waals surface area (Å²) in [7, 11) is 1.61. The summed E-state index contributed by atoms with van der Waals surface area (Å²) in [5, 5.41) is 10.5. The van der Waals surface area contributed by atoms with Gasteiger partial charge in [0, 0.05) is 23.6 Å². The van der Waals surface area contributed by atoms with Gasteiger partial charge in [-0.1, -0.05) is 17.3 Å². The number of hydrogen-bond donors (Lipinski definition) is 2. The zero-order valence-electron chi connectivity index (χ0n) is 12.9. The Morgan fingerprint density at radius 1 is 1.25 bits per heavy atom. The van der Waals surface area contributed by atoms with Crippen molar-refractivity contribution in [2.24, 2.45) is 0 Å². The number of anilines is 1. The van der Waals surface area contributed by atoms with Crippen molar-refractivity contribution >= 4 is 23.0 Å². The van der Waals surface area contributed by atoms with Gasteiger partial charge in [-0.05, 0) is 36.5 Å². The van der Waals surface area contributed by atoms with E-state index in [9.17, 15) is 0 Å². The van der Waals surface area contributed by atoms with E-state index in [-0.39, 0.29) is 0 Å². The number of nitrogens with zero attached hydrogens (tertiary/aromatic N) is 3. The number of nitrogens with one attached hydrogen (secondary N) is 2. The van der Waals surface area contributed by atoms with E-state index in [1.807, 2.05) is 36.4 Å². The molecule has 0 fully saturated rings. The van der Waals surface area contributed by atoms with Crippen molar-refractivity contribution < 1.29 is 9.26 Å². The Morgan fingerprint density at radius 2 is 2.08 bits per heavy atom. The summed E-state index contributed by atoms with van der Waals surface area (Å²) >= 11 is 5.22. The summed E-state index contributed by atoms with van der Waals surface area (Å²) in [5.41, 5.74) is 1.67. The van der Waals surface area contributed by atoms with Gasteiger partial charge in [-0.25, -0.2) is 0 Å². The molecule has 0 amide bonds. The summed E-state index contributed by atoms with van der Waals surface area (Å²) in [6.45, 7) is 0.327. The molecule has 3 rings (SSSR count). The fraction of sp³-hybridized carbons (Fsp3) is 0.125. The lowest BCUT2D eigenvalue weighted by atomic mass is 10.2. The Labute approximate surface area is 144 Å². The molecule has 2 aromatic heterocycles. The molecule has 2 heterocycles. The van der Waals surface area contributed by atoms with Gasteiger partial charge in [-0.3, -0.25) is 4.98 Å². The summed E-state index contributed by atoms with van der Waals surface area (Å²) in [5.74, 6) is 1.67. The molecule has 3 aromatic rings. The fourth-order valence-electron chi connectivity index (χ4n) is 1.97. The van der Waals surface area contributed by atoms with Gasteiger partial charge in [0.15, 0.2) is 5.11 Å². The van der Waals surface area contributed by atoms with Crippen LogP contribution in [0.15, 0.2) is 53.3 Å². The maximum atomic E-state index is 5.23. The molecule has 0 bridgehead atoms. The molecule has 122 valence electrons. The van der Waals surface area contributed by atoms with Crippen molar-refractivity contribution in [2.45, 2.75) is 6.54 Å². The Morgan fingerprint density at radius 3 is 2.88 bits per heavy atom. The van der Waals surface area contributed by atoms with Crippen LogP contribution in [0.25, 0.3) is 11.4 Å². The average molecular weight is 341 g/mol. The molecular formula is C16H15N5O2S. The molecule has 7 nitrogen and oxygen atoms in total. The van der Waals surface area contributed by atoms with Crippen molar-refractivity contribution in [3.05, 3.63) is 54.7 Å². The summed E-state index contributed by atoms with van der Waals surface area (Å²) in [4.78, 5) is 8.29. The lowest BCUT2D eigenvalue weighted by Gasteiger charge is -2.07. The third-order valence-corrected chi connectivity index (χ3v) is 3.38. The normalized spacial score (nSPS) is 10.2. The number of aromatic nitrogens is 3. The average Bonchev–Trinajstić information content (AvgIpc) is 3.10. The highest BCUT2D eigenvalue weighted by atomic mass is 32.1. The number of hydrogen-bond acceptors (Lipinski definition) is 6. The van der Waals surface area contributed by atoms with Crippen LogP contribution in [0.3, 0.4) is 0 Å². The van der Waals surface area contributed by atoms with Gasteiger partial charge in [0.05, 0.1) is 13.7 Å². The smallest absolute Gasteiger partial charge is 0.246 e. The standard InChI is InChI=1S/C16H15N5O2S/c1-22-13-4-2-3-11(9-13)15-20-14(23-21-15)10-18-16(24)19-12-5-7-17-8-6-12/h2-9H,10H2,1H3,(H2,17,18,19,24). The van der Waals surface area contributed by atoms with Crippen LogP contribution in [0.4, 0.5) is 5.69 Å². The van der Waals surface area contributed by atoms with E-state index in [0.717, 1.165) is 17.0 Å². The van der Waals surface area contributed by atoms with Gasteiger partial charge in [0.2, 0.25) is 11.7 Å². The van der Waals surface area contributed by atoms with E-state index in [4.69, 9.17) is 21.5 Å². The minimum Gasteiger partial charge on any atom is -0.497 e. The van der Waals surface area contributed by atoms with Gasteiger partial charge < -0.3 is 19.9 Å². The zero-order valence-corrected chi connectivity index (χ0v) is 13.7. The molecule has 24 heavy (non-hydrogen) atoms. The molecule has 0 unspecified atom stereocenters. The molecular weight excluding hydrogens is 326 g/mol. The largest absolute Gasteiger partial charge is 0.497 e. The lowest BCUT2D eigenvalue weighted by Crippen LogP contribution is -2.27. The first-order valence-electron chi connectivity index (χ1n) is 7.16. The van der Waals surface area contributed by atoms with E-state index in [2.05, 4.69) is 25.8 Å². The molecule has 0 aliphatic rings. The third kappa shape index (κ3) is 4.05. The van der Waals surface area contributed by atoms with Crippen molar-refractivity contribution in [1.29, 1.82) is 0 Å². The fourth-order valence-corrected chi connectivity index (χ4v) is 2.16. The van der Waals surface area contributed by atoms with Crippen molar-refractivity contribution in [3.8, 4) is 17.1 Å². The zero-order chi connectivity index (χ0) is 16.8. The first kappa shape index (κ1) is 15.9. The third-order valence-electron chi connectivity index (χ3n) is 3.13. The van der Waals surface area contributed by atoms with Gasteiger partial charge in [-0.2, -0.15) is 4.98 Å². The molecule has 0 aliphatic heterocycles. The number of benzene rings is 1. The number of pyridine rings is 1. The van der Waals surface area contributed by atoms with E-state index in [0.29, 0.717) is 23.4 Å². The predicted octanol–water partition coefficient (Wildman–Crippen LogP) is 2.63. The molecule has 8 heteroatoms. The minimum absolute atomic E-state index is 0.327. The number of rotatable bonds is 5. The van der Waals surface area contributed by atoms with E-state index in [1.165, 1.54) is 0 Å². The second kappa shape index (κ2) is 7.51. The quantitative estimate of drug-likeness (QED) is 0.685. The van der Waals surface area contributed by atoms with Crippen molar-refractivity contribution in [1.82, 2.24) is 20.4 Å². The van der Waals surface area contributed by atoms with Crippen LogP contribution in [-0.4, -0.2) is 27.3 Å². The maximum Gasteiger partial charge on any atom is 0.246 e. The van der Waals surface area contributed by atoms with Crippen LogP contribution in [0.1, 0.15) is 5.89 Å². The van der Waals surface area contributed by atoms with Crippen LogP contribution in [0.5, 0.6) is 5.75 Å². The lowest BCUT2D eigenvalue weighted by molar-refractivity contribution is 0.376. The highest BCUT2D eigenvalue weighted by Gasteiger charge is 2.09. The Balaban J connectivity index is 1.59. The van der Waals surface area contributed by atoms with Crippen molar-refractivity contribution in [2.75, 3.05) is 12.4 Å². The Bertz CT molecular complexity index is 822. The SMILES string of the molecule is COc1cccc(-c2noc(CNC(=S)Nc3ccncc3)n2)c1. The molecule has 0 aliphatic carbocycles. The second-order valence-electron chi connectivity index (χ2n) is 4.79. The van der Waals surface area contributed by atoms with Crippen LogP contribution in [0.2, 0.25) is 0 Å². The van der Waals surface area contributed by atoms with Crippen LogP contribution >= 0.6 is 12.2 Å². The first-order chi connectivity index (χ1) is 11.7. The summed E-state index contributed by atoms with van der Waals surface area (Å²) in [6.07, 6.45) is 3.37. The number of thiocarbonyl (C=S) groups is 1. The van der Waals surface area contributed by atoms with Gasteiger partial charge in [-0.15, -0.1) is 0 Å². The van der Waals surface area contributed by atoms with E-state index in [1.54, 1.807) is 19.5 Å². The second-order valence-corrected chi connectivity index (χ2v) is 5.20. The Kier molecular flexibility index (Phi) is 4.97. The topological polar surface area (TPSA) is 85.1 Å². The Hall–Kier alpha value is -3.00. The predicted molar refractivity (Wildman–Crippen MR) is 93.6 cm³/mol. The van der Waals surface area contributed by atoms with Gasteiger partial charge >= 0.3 is 0 Å². The molecule has 1 aromatic carbocycles. The summed E-state index contributed by atoms with van der Waals surface area (Å²) in [6, 6.07) is 11.1. The molecule has 0 spiro atoms. The summed E-state index contributed by atoms with van der Waals surface area (Å²) < 4.78 is 10.4. The highest BCUT2D eigenvalue weighted by molar-refractivity contribution is 7.80. The van der Waals surface area contributed by atoms with Crippen LogP contribution in [-0.2, 0) is 6.54 Å². The maximum absolute atomic E-state index is 5.23. The van der Waals surface area contributed by atoms with E-state index < -0.39 is 0 Å². The van der Waals surface area contributed by atoms with Crippen molar-refractivity contribution in [3.63, 3.8) is 0 Å². The molecule has 0 saturated carbocycles. The van der Waals surface area contributed by atoms with Gasteiger partial charge in [0.1, 0.15) is 5.75 Å². The van der Waals surface area contributed by atoms with E-state index >= 15 is 0 Å². The highest BCUT2D eigenvalue weighted by Crippen LogP contribution is 2.21. The molecule has 2 N–H and O–H groups in total. The number of ether oxygens (including phenoxy) is 1.